The summed E-state index contributed by atoms with van der Waals surface area (Å²) in [6.45, 7) is -1.08. The molecule has 0 amide bonds. The van der Waals surface area contributed by atoms with E-state index in [1.54, 1.807) is 24.3 Å². The van der Waals surface area contributed by atoms with Crippen LogP contribution in [0, 0.1) is 0 Å². The van der Waals surface area contributed by atoms with E-state index in [2.05, 4.69) is 37.1 Å². The Bertz CT molecular complexity index is 945. The molecule has 5 nitrogen and oxygen atoms in total. The van der Waals surface area contributed by atoms with E-state index < -0.39 is 12.3 Å². The summed E-state index contributed by atoms with van der Waals surface area (Å²) in [6, 6.07) is 12.9. The molecule has 3 aliphatic rings. The molecule has 152 valence electrons. The van der Waals surface area contributed by atoms with Crippen LogP contribution in [0.1, 0.15) is 36.4 Å². The Kier molecular flexibility index (Phi) is 4.70. The fraction of sp³-hybridized carbons (Fsp3) is 0.381. The minimum absolute atomic E-state index is 0.0846. The smallest absolute Gasteiger partial charge is 0.387 e. The molecule has 0 bridgehead atoms. The second-order valence-electron chi connectivity index (χ2n) is 7.49. The molecule has 3 aliphatic heterocycles. The zero-order valence-corrected chi connectivity index (χ0v) is 17.2. The first kappa shape index (κ1) is 18.8. The molecular formula is C21H20BrF2N3O2. The van der Waals surface area contributed by atoms with Gasteiger partial charge in [-0.3, -0.25) is 0 Å². The van der Waals surface area contributed by atoms with E-state index in [9.17, 15) is 8.78 Å². The van der Waals surface area contributed by atoms with Crippen LogP contribution in [0.15, 0.2) is 52.0 Å². The molecule has 0 aromatic heterocycles. The lowest BCUT2D eigenvalue weighted by molar-refractivity contribution is -0.136. The molecule has 1 fully saturated rings. The van der Waals surface area contributed by atoms with Gasteiger partial charge in [0.25, 0.3) is 0 Å². The Balaban J connectivity index is 1.51. The first-order chi connectivity index (χ1) is 14.0. The number of piperidine rings is 1. The minimum atomic E-state index is -2.83. The number of nitrogens with zero attached hydrogens (tertiary/aromatic N) is 2. The minimum Gasteiger partial charge on any atom is -0.466 e. The maximum atomic E-state index is 12.4. The van der Waals surface area contributed by atoms with Crippen LogP contribution in [0.3, 0.4) is 0 Å². The summed E-state index contributed by atoms with van der Waals surface area (Å²) in [4.78, 5) is 0. The van der Waals surface area contributed by atoms with Crippen molar-refractivity contribution in [2.45, 2.75) is 37.6 Å². The van der Waals surface area contributed by atoms with Gasteiger partial charge in [0.15, 0.2) is 0 Å². The summed E-state index contributed by atoms with van der Waals surface area (Å²) in [5.41, 5.74) is 2.48. The largest absolute Gasteiger partial charge is 0.466 e. The molecule has 5 rings (SSSR count). The Hall–Kier alpha value is -2.19. The quantitative estimate of drug-likeness (QED) is 0.717. The lowest BCUT2D eigenvalue weighted by atomic mass is 9.91. The van der Waals surface area contributed by atoms with Crippen molar-refractivity contribution in [2.75, 3.05) is 13.1 Å². The van der Waals surface area contributed by atoms with Gasteiger partial charge in [0, 0.05) is 42.4 Å². The van der Waals surface area contributed by atoms with Gasteiger partial charge in [-0.2, -0.15) is 13.9 Å². The van der Waals surface area contributed by atoms with E-state index in [1.807, 2.05) is 12.1 Å². The number of rotatable bonds is 3. The Labute approximate surface area is 175 Å². The molecule has 1 spiro atoms. The second-order valence-corrected chi connectivity index (χ2v) is 8.41. The molecule has 8 heteroatoms. The molecule has 3 heterocycles. The number of halogens is 3. The molecule has 2 aromatic carbocycles. The number of fused-ring (bicyclic) bond motifs is 4. The highest BCUT2D eigenvalue weighted by Crippen LogP contribution is 2.50. The topological polar surface area (TPSA) is 46.1 Å². The molecule has 1 atom stereocenters. The van der Waals surface area contributed by atoms with Crippen LogP contribution in [0.4, 0.5) is 8.78 Å². The van der Waals surface area contributed by atoms with Gasteiger partial charge in [-0.1, -0.05) is 15.9 Å². The van der Waals surface area contributed by atoms with Crippen LogP contribution in [-0.4, -0.2) is 36.1 Å². The lowest BCUT2D eigenvalue weighted by Gasteiger charge is -2.49. The van der Waals surface area contributed by atoms with E-state index in [-0.39, 0.29) is 11.8 Å². The predicted molar refractivity (Wildman–Crippen MR) is 108 cm³/mol. The van der Waals surface area contributed by atoms with Crippen molar-refractivity contribution in [3.8, 4) is 11.5 Å². The van der Waals surface area contributed by atoms with Crippen LogP contribution in [-0.2, 0) is 0 Å². The molecule has 29 heavy (non-hydrogen) atoms. The highest BCUT2D eigenvalue weighted by atomic mass is 79.9. The van der Waals surface area contributed by atoms with E-state index in [0.29, 0.717) is 0 Å². The van der Waals surface area contributed by atoms with Gasteiger partial charge in [-0.25, -0.2) is 5.01 Å². The number of hydrogen-bond donors (Lipinski definition) is 1. The SMILES string of the molecule is FC(F)Oc1ccc(C2=NN3C(C2)c2cc(Br)ccc2OC32CCNCC2)cc1. The molecule has 1 unspecified atom stereocenters. The van der Waals surface area contributed by atoms with Crippen molar-refractivity contribution in [1.29, 1.82) is 0 Å². The summed E-state index contributed by atoms with van der Waals surface area (Å²) in [5.74, 6) is 1.06. The zero-order valence-electron chi connectivity index (χ0n) is 15.6. The standard InChI is InChI=1S/C21H20BrF2N3O2/c22-14-3-6-19-16(11-14)18-12-17(13-1-4-15(5-2-13)28-20(23)24)26-27(18)21(29-19)7-9-25-10-8-21/h1-6,11,18,20,25H,7-10,12H2. The van der Waals surface area contributed by atoms with Gasteiger partial charge in [0.05, 0.1) is 11.8 Å². The molecule has 0 saturated carbocycles. The van der Waals surface area contributed by atoms with E-state index in [4.69, 9.17) is 9.84 Å². The molecule has 0 radical (unpaired) electrons. The van der Waals surface area contributed by atoms with Crippen molar-refractivity contribution >= 4 is 21.6 Å². The van der Waals surface area contributed by atoms with Gasteiger partial charge in [-0.05, 0) is 48.0 Å². The van der Waals surface area contributed by atoms with Gasteiger partial charge in [-0.15, -0.1) is 0 Å². The first-order valence-electron chi connectivity index (χ1n) is 9.65. The number of ether oxygens (including phenoxy) is 2. The maximum Gasteiger partial charge on any atom is 0.387 e. The van der Waals surface area contributed by atoms with E-state index >= 15 is 0 Å². The monoisotopic (exact) mass is 463 g/mol. The van der Waals surface area contributed by atoms with Gasteiger partial charge < -0.3 is 14.8 Å². The zero-order chi connectivity index (χ0) is 20.0. The van der Waals surface area contributed by atoms with Crippen molar-refractivity contribution in [3.05, 3.63) is 58.1 Å². The third-order valence-electron chi connectivity index (χ3n) is 5.76. The van der Waals surface area contributed by atoms with Crippen LogP contribution < -0.4 is 14.8 Å². The van der Waals surface area contributed by atoms with Gasteiger partial charge in [0.1, 0.15) is 11.5 Å². The van der Waals surface area contributed by atoms with Crippen molar-refractivity contribution in [3.63, 3.8) is 0 Å². The van der Waals surface area contributed by atoms with Crippen molar-refractivity contribution in [1.82, 2.24) is 10.3 Å². The fourth-order valence-corrected chi connectivity index (χ4v) is 4.78. The number of alkyl halides is 2. The lowest BCUT2D eigenvalue weighted by Crippen LogP contribution is -2.58. The fourth-order valence-electron chi connectivity index (χ4n) is 4.40. The molecule has 1 saturated heterocycles. The number of hydrazone groups is 1. The van der Waals surface area contributed by atoms with Crippen LogP contribution in [0.5, 0.6) is 11.5 Å². The van der Waals surface area contributed by atoms with Crippen LogP contribution >= 0.6 is 15.9 Å². The normalized spacial score (nSPS) is 22.1. The molecular weight excluding hydrogens is 444 g/mol. The van der Waals surface area contributed by atoms with Crippen LogP contribution in [0.25, 0.3) is 0 Å². The molecule has 0 aliphatic carbocycles. The maximum absolute atomic E-state index is 12.4. The van der Waals surface area contributed by atoms with Crippen molar-refractivity contribution < 1.29 is 18.3 Å². The Morgan fingerprint density at radius 2 is 1.93 bits per heavy atom. The van der Waals surface area contributed by atoms with Gasteiger partial charge in [0.2, 0.25) is 5.72 Å². The second kappa shape index (κ2) is 7.25. The predicted octanol–water partition coefficient (Wildman–Crippen LogP) is 4.67. The average molecular weight is 464 g/mol. The van der Waals surface area contributed by atoms with E-state index in [1.165, 1.54) is 0 Å². The Morgan fingerprint density at radius 3 is 2.66 bits per heavy atom. The molecule has 1 N–H and O–H groups in total. The first-order valence-corrected chi connectivity index (χ1v) is 10.4. The number of hydrogen-bond acceptors (Lipinski definition) is 5. The summed E-state index contributed by atoms with van der Waals surface area (Å²) >= 11 is 3.57. The number of nitrogens with one attached hydrogen (secondary N) is 1. The summed E-state index contributed by atoms with van der Waals surface area (Å²) < 4.78 is 36.8. The summed E-state index contributed by atoms with van der Waals surface area (Å²) in [5, 5.41) is 10.5. The highest BCUT2D eigenvalue weighted by molar-refractivity contribution is 9.10. The third-order valence-corrected chi connectivity index (χ3v) is 6.25. The Morgan fingerprint density at radius 1 is 1.17 bits per heavy atom. The average Bonchev–Trinajstić information content (AvgIpc) is 3.17. The summed E-state index contributed by atoms with van der Waals surface area (Å²) in [7, 11) is 0. The van der Waals surface area contributed by atoms with E-state index in [0.717, 1.165) is 59.4 Å². The highest BCUT2D eigenvalue weighted by Gasteiger charge is 2.50. The third kappa shape index (κ3) is 3.38. The molecule has 2 aromatic rings. The van der Waals surface area contributed by atoms with Crippen molar-refractivity contribution in [2.24, 2.45) is 5.10 Å². The van der Waals surface area contributed by atoms with Gasteiger partial charge >= 0.3 is 6.61 Å². The summed E-state index contributed by atoms with van der Waals surface area (Å²) in [6.07, 6.45) is 2.42. The van der Waals surface area contributed by atoms with Crippen LogP contribution in [0.2, 0.25) is 0 Å². The number of benzene rings is 2.